The van der Waals surface area contributed by atoms with E-state index in [0.29, 0.717) is 29.3 Å². The van der Waals surface area contributed by atoms with E-state index < -0.39 is 6.17 Å². The molecule has 0 fully saturated rings. The summed E-state index contributed by atoms with van der Waals surface area (Å²) in [5.74, 6) is 1.09. The van der Waals surface area contributed by atoms with Gasteiger partial charge in [0, 0.05) is 28.6 Å². The third kappa shape index (κ3) is 5.90. The molecule has 2 aromatic carbocycles. The van der Waals surface area contributed by atoms with Crippen molar-refractivity contribution in [3.8, 4) is 11.5 Å². The first-order chi connectivity index (χ1) is 16.5. The quantitative estimate of drug-likeness (QED) is 0.319. The Morgan fingerprint density at radius 3 is 2.47 bits per heavy atom. The van der Waals surface area contributed by atoms with Gasteiger partial charge in [-0.05, 0) is 54.1 Å². The van der Waals surface area contributed by atoms with Crippen LogP contribution in [0.2, 0.25) is 0 Å². The highest BCUT2D eigenvalue weighted by Crippen LogP contribution is 2.24. The number of anilines is 1. The summed E-state index contributed by atoms with van der Waals surface area (Å²) in [4.78, 5) is 16.8. The van der Waals surface area contributed by atoms with Crippen LogP contribution < -0.4 is 20.1 Å². The second-order valence-corrected chi connectivity index (χ2v) is 8.28. The molecule has 0 bridgehead atoms. The Balaban J connectivity index is 1.57. The highest BCUT2D eigenvalue weighted by atomic mass is 79.9. The number of aromatic nitrogens is 4. The van der Waals surface area contributed by atoms with Crippen LogP contribution in [0.4, 0.5) is 5.69 Å². The summed E-state index contributed by atoms with van der Waals surface area (Å²) in [5, 5.41) is 14.8. The first kappa shape index (κ1) is 23.2. The average molecular weight is 523 g/mol. The zero-order chi connectivity index (χ0) is 23.9. The lowest BCUT2D eigenvalue weighted by Crippen LogP contribution is -2.33. The lowest BCUT2D eigenvalue weighted by Gasteiger charge is -2.19. The first-order valence-corrected chi connectivity index (χ1v) is 11.2. The highest BCUT2D eigenvalue weighted by molar-refractivity contribution is 9.10. The second-order valence-electron chi connectivity index (χ2n) is 7.36. The normalized spacial score (nSPS) is 11.5. The summed E-state index contributed by atoms with van der Waals surface area (Å²) in [6, 6.07) is 16.7. The topological polar surface area (TPSA) is 103 Å². The molecule has 4 rings (SSSR count). The van der Waals surface area contributed by atoms with Gasteiger partial charge in [-0.1, -0.05) is 21.1 Å². The number of ether oxygens (including phenoxy) is 2. The Kier molecular flexibility index (Phi) is 7.38. The maximum atomic E-state index is 12.8. The van der Waals surface area contributed by atoms with Gasteiger partial charge in [-0.15, -0.1) is 5.10 Å². The summed E-state index contributed by atoms with van der Waals surface area (Å²) < 4.78 is 13.3. The zero-order valence-corrected chi connectivity index (χ0v) is 20.2. The van der Waals surface area contributed by atoms with E-state index in [1.165, 1.54) is 6.20 Å². The summed E-state index contributed by atoms with van der Waals surface area (Å²) in [7, 11) is 3.21. The van der Waals surface area contributed by atoms with E-state index in [4.69, 9.17) is 9.47 Å². The second kappa shape index (κ2) is 10.8. The van der Waals surface area contributed by atoms with E-state index in [0.717, 1.165) is 15.7 Å². The molecule has 1 unspecified atom stereocenters. The van der Waals surface area contributed by atoms with Crippen LogP contribution in [0.1, 0.15) is 27.8 Å². The van der Waals surface area contributed by atoms with Crippen molar-refractivity contribution in [1.82, 2.24) is 25.3 Å². The number of methoxy groups -OCH3 is 2. The van der Waals surface area contributed by atoms with Crippen molar-refractivity contribution in [2.24, 2.45) is 0 Å². The molecule has 34 heavy (non-hydrogen) atoms. The average Bonchev–Trinajstić information content (AvgIpc) is 3.33. The number of nitrogens with zero attached hydrogens (tertiary/aromatic N) is 4. The van der Waals surface area contributed by atoms with Crippen LogP contribution in [0.5, 0.6) is 11.5 Å². The molecule has 9 nitrogen and oxygen atoms in total. The number of amides is 1. The third-order valence-corrected chi connectivity index (χ3v) is 5.49. The number of pyridine rings is 1. The van der Waals surface area contributed by atoms with Crippen LogP contribution in [0, 0.1) is 0 Å². The molecular formula is C24H23BrN6O3. The monoisotopic (exact) mass is 522 g/mol. The number of benzene rings is 2. The lowest BCUT2D eigenvalue weighted by molar-refractivity contribution is 0.0940. The standard InChI is InChI=1S/C24H23BrN6O3/c1-33-20-10-16(11-21(12-20)34-2)14-31-15-22(29-30-31)23(27-19-7-5-18(25)6-8-19)28-24(32)17-4-3-9-26-13-17/h3-13,15,23,27H,14H2,1-2H3,(H,28,32). The van der Waals surface area contributed by atoms with Gasteiger partial charge in [-0.3, -0.25) is 9.78 Å². The van der Waals surface area contributed by atoms with Crippen LogP contribution in [0.25, 0.3) is 0 Å². The number of carbonyl (C=O) groups is 1. The fourth-order valence-electron chi connectivity index (χ4n) is 3.28. The SMILES string of the molecule is COc1cc(Cn2cc(C(NC(=O)c3cccnc3)Nc3ccc(Br)cc3)nn2)cc(OC)c1. The minimum Gasteiger partial charge on any atom is -0.497 e. The summed E-state index contributed by atoms with van der Waals surface area (Å²) in [6.07, 6.45) is 4.29. The predicted octanol–water partition coefficient (Wildman–Crippen LogP) is 4.04. The van der Waals surface area contributed by atoms with Crippen LogP contribution in [0.3, 0.4) is 0 Å². The largest absolute Gasteiger partial charge is 0.497 e. The van der Waals surface area contributed by atoms with Crippen molar-refractivity contribution < 1.29 is 14.3 Å². The van der Waals surface area contributed by atoms with E-state index >= 15 is 0 Å². The van der Waals surface area contributed by atoms with Gasteiger partial charge in [-0.2, -0.15) is 0 Å². The molecule has 0 radical (unpaired) electrons. The van der Waals surface area contributed by atoms with E-state index in [2.05, 4.69) is 41.9 Å². The molecule has 0 saturated carbocycles. The summed E-state index contributed by atoms with van der Waals surface area (Å²) in [5.41, 5.74) is 2.74. The lowest BCUT2D eigenvalue weighted by atomic mass is 10.2. The highest BCUT2D eigenvalue weighted by Gasteiger charge is 2.19. The number of nitrogens with one attached hydrogen (secondary N) is 2. The van der Waals surface area contributed by atoms with E-state index in [9.17, 15) is 4.79 Å². The van der Waals surface area contributed by atoms with E-state index in [-0.39, 0.29) is 5.91 Å². The molecule has 2 N–H and O–H groups in total. The molecule has 0 aliphatic heterocycles. The van der Waals surface area contributed by atoms with Gasteiger partial charge < -0.3 is 20.1 Å². The van der Waals surface area contributed by atoms with Crippen LogP contribution in [0.15, 0.2) is 77.7 Å². The molecule has 1 atom stereocenters. The Hall–Kier alpha value is -3.92. The van der Waals surface area contributed by atoms with Crippen molar-refractivity contribution in [3.63, 3.8) is 0 Å². The molecule has 0 aliphatic rings. The van der Waals surface area contributed by atoms with Crippen molar-refractivity contribution in [2.45, 2.75) is 12.7 Å². The van der Waals surface area contributed by atoms with Gasteiger partial charge in [0.25, 0.3) is 5.91 Å². The van der Waals surface area contributed by atoms with Crippen LogP contribution >= 0.6 is 15.9 Å². The molecule has 1 amide bonds. The van der Waals surface area contributed by atoms with Crippen LogP contribution in [-0.2, 0) is 6.54 Å². The van der Waals surface area contributed by atoms with Crippen molar-refractivity contribution >= 4 is 27.5 Å². The fraction of sp³-hybridized carbons (Fsp3) is 0.167. The molecule has 0 aliphatic carbocycles. The molecule has 2 aromatic heterocycles. The van der Waals surface area contributed by atoms with Crippen LogP contribution in [-0.4, -0.2) is 40.1 Å². The molecule has 2 heterocycles. The van der Waals surface area contributed by atoms with E-state index in [1.54, 1.807) is 43.4 Å². The molecule has 0 spiro atoms. The van der Waals surface area contributed by atoms with E-state index in [1.807, 2.05) is 42.5 Å². The Morgan fingerprint density at radius 2 is 1.82 bits per heavy atom. The maximum absolute atomic E-state index is 12.8. The Bertz CT molecular complexity index is 1230. The number of rotatable bonds is 9. The zero-order valence-electron chi connectivity index (χ0n) is 18.6. The summed E-state index contributed by atoms with van der Waals surface area (Å²) in [6.45, 7) is 0.447. The predicted molar refractivity (Wildman–Crippen MR) is 131 cm³/mol. The number of hydrogen-bond acceptors (Lipinski definition) is 7. The molecular weight excluding hydrogens is 500 g/mol. The Morgan fingerprint density at radius 1 is 1.09 bits per heavy atom. The van der Waals surface area contributed by atoms with Gasteiger partial charge in [0.1, 0.15) is 23.4 Å². The summed E-state index contributed by atoms with van der Waals surface area (Å²) >= 11 is 3.43. The number of carbonyl (C=O) groups excluding carboxylic acids is 1. The Labute approximate surface area is 205 Å². The fourth-order valence-corrected chi connectivity index (χ4v) is 3.54. The minimum atomic E-state index is -0.623. The molecule has 0 saturated heterocycles. The smallest absolute Gasteiger partial charge is 0.254 e. The third-order valence-electron chi connectivity index (χ3n) is 4.96. The number of halogens is 1. The van der Waals surface area contributed by atoms with Gasteiger partial charge in [0.15, 0.2) is 0 Å². The molecule has 4 aromatic rings. The molecule has 174 valence electrons. The first-order valence-electron chi connectivity index (χ1n) is 10.4. The molecule has 10 heteroatoms. The maximum Gasteiger partial charge on any atom is 0.254 e. The van der Waals surface area contributed by atoms with Gasteiger partial charge in [0.2, 0.25) is 0 Å². The van der Waals surface area contributed by atoms with Crippen molar-refractivity contribution in [3.05, 3.63) is 94.5 Å². The minimum absolute atomic E-state index is 0.283. The van der Waals surface area contributed by atoms with Crippen molar-refractivity contribution in [2.75, 3.05) is 19.5 Å². The van der Waals surface area contributed by atoms with Gasteiger partial charge in [-0.25, -0.2) is 4.68 Å². The number of hydrogen-bond donors (Lipinski definition) is 2. The van der Waals surface area contributed by atoms with Crippen molar-refractivity contribution in [1.29, 1.82) is 0 Å². The van der Waals surface area contributed by atoms with Gasteiger partial charge in [0.05, 0.1) is 32.5 Å². The van der Waals surface area contributed by atoms with Gasteiger partial charge >= 0.3 is 0 Å².